The van der Waals surface area contributed by atoms with Crippen molar-refractivity contribution in [1.29, 1.82) is 0 Å². The lowest BCUT2D eigenvalue weighted by Crippen LogP contribution is -2.67. The monoisotopic (exact) mass is 524 g/mol. The highest BCUT2D eigenvalue weighted by atomic mass is 28.4. The van der Waals surface area contributed by atoms with Crippen LogP contribution >= 0.6 is 0 Å². The molecule has 2 fully saturated rings. The number of H-pyrrole nitrogens is 1. The number of aromatic nitrogens is 2. The van der Waals surface area contributed by atoms with Crippen molar-refractivity contribution in [3.63, 3.8) is 0 Å². The number of aromatic amines is 1. The molecule has 5 atom stereocenters. The van der Waals surface area contributed by atoms with E-state index in [0.717, 1.165) is 10.4 Å². The van der Waals surface area contributed by atoms with E-state index in [0.29, 0.717) is 0 Å². The highest BCUT2D eigenvalue weighted by molar-refractivity contribution is 6.99. The van der Waals surface area contributed by atoms with Crippen LogP contribution in [-0.4, -0.2) is 60.8 Å². The maximum absolute atomic E-state index is 12.5. The summed E-state index contributed by atoms with van der Waals surface area (Å²) >= 11 is 0. The highest BCUT2D eigenvalue weighted by Crippen LogP contribution is 2.40. The highest BCUT2D eigenvalue weighted by Gasteiger charge is 2.54. The first-order valence-corrected chi connectivity index (χ1v) is 14.3. The van der Waals surface area contributed by atoms with Crippen molar-refractivity contribution in [2.24, 2.45) is 0 Å². The number of nitrogens with one attached hydrogen (secondary N) is 1. The lowest BCUT2D eigenvalue weighted by Gasteiger charge is -2.43. The number of aliphatic hydroxyl groups excluding tert-OH is 1. The minimum Gasteiger partial charge on any atom is -0.405 e. The summed E-state index contributed by atoms with van der Waals surface area (Å²) in [5, 5.41) is 12.2. The van der Waals surface area contributed by atoms with E-state index in [-0.39, 0.29) is 18.3 Å². The zero-order valence-electron chi connectivity index (χ0n) is 21.1. The first-order valence-electron chi connectivity index (χ1n) is 12.4. The van der Waals surface area contributed by atoms with Crippen molar-refractivity contribution >= 4 is 18.7 Å². The standard InChI is InChI=1S/C27H32N2O7Si/c1-27(2,3)37(18-10-6-4-7-11-18,19-12-8-5-9-13-19)34-16-20-23-24(33-17-22(31)36-23)25(35-20)29-15-14-21(30)28-26(29)32/h4-15,20,22-25,31H,16-17H2,1-3H3,(H,28,30,32)/t20-,22?,23-,24-,25-/m1/s1. The number of ether oxygens (including phenoxy) is 3. The van der Waals surface area contributed by atoms with Crippen LogP contribution in [0.2, 0.25) is 5.04 Å². The van der Waals surface area contributed by atoms with E-state index in [9.17, 15) is 14.7 Å². The molecule has 3 aromatic rings. The fourth-order valence-corrected chi connectivity index (χ4v) is 9.99. The molecule has 196 valence electrons. The molecule has 0 spiro atoms. The van der Waals surface area contributed by atoms with Gasteiger partial charge in [0.05, 0.1) is 13.2 Å². The number of benzene rings is 2. The van der Waals surface area contributed by atoms with Gasteiger partial charge in [-0.1, -0.05) is 81.4 Å². The summed E-state index contributed by atoms with van der Waals surface area (Å²) in [5.74, 6) is 0. The van der Waals surface area contributed by atoms with E-state index in [1.165, 1.54) is 16.8 Å². The quantitative estimate of drug-likeness (QED) is 0.465. The van der Waals surface area contributed by atoms with Gasteiger partial charge in [0.25, 0.3) is 13.9 Å². The third kappa shape index (κ3) is 4.76. The minimum atomic E-state index is -2.86. The Kier molecular flexibility index (Phi) is 7.05. The van der Waals surface area contributed by atoms with Gasteiger partial charge in [0, 0.05) is 12.3 Å². The molecular formula is C27H32N2O7Si. The van der Waals surface area contributed by atoms with Gasteiger partial charge < -0.3 is 23.7 Å². The molecule has 1 unspecified atom stereocenters. The lowest BCUT2D eigenvalue weighted by atomic mass is 10.1. The van der Waals surface area contributed by atoms with Gasteiger partial charge in [-0.2, -0.15) is 0 Å². The van der Waals surface area contributed by atoms with Gasteiger partial charge in [-0.3, -0.25) is 14.3 Å². The Hall–Kier alpha value is -2.86. The molecule has 0 amide bonds. The molecule has 10 heteroatoms. The van der Waals surface area contributed by atoms with E-state index in [2.05, 4.69) is 50.0 Å². The van der Waals surface area contributed by atoms with Crippen LogP contribution in [0, 0.1) is 0 Å². The predicted molar refractivity (Wildman–Crippen MR) is 139 cm³/mol. The van der Waals surface area contributed by atoms with E-state index < -0.39 is 50.4 Å². The third-order valence-electron chi connectivity index (χ3n) is 7.04. The van der Waals surface area contributed by atoms with Crippen molar-refractivity contribution in [2.45, 2.75) is 56.6 Å². The van der Waals surface area contributed by atoms with Gasteiger partial charge in [0.2, 0.25) is 0 Å². The Morgan fingerprint density at radius 3 is 2.16 bits per heavy atom. The van der Waals surface area contributed by atoms with Gasteiger partial charge in [-0.15, -0.1) is 0 Å². The first-order chi connectivity index (χ1) is 17.7. The van der Waals surface area contributed by atoms with Crippen LogP contribution in [0.3, 0.4) is 0 Å². The minimum absolute atomic E-state index is 0.0541. The Bertz CT molecular complexity index is 1280. The fourth-order valence-electron chi connectivity index (χ4n) is 5.42. The zero-order chi connectivity index (χ0) is 26.2. The van der Waals surface area contributed by atoms with Crippen LogP contribution in [-0.2, 0) is 18.6 Å². The molecule has 0 aliphatic carbocycles. The predicted octanol–water partition coefficient (Wildman–Crippen LogP) is 1.11. The van der Waals surface area contributed by atoms with Crippen molar-refractivity contribution in [2.75, 3.05) is 13.2 Å². The summed E-state index contributed by atoms with van der Waals surface area (Å²) in [6.07, 6.45) is -2.57. The second kappa shape index (κ2) is 10.1. The average molecular weight is 525 g/mol. The molecule has 2 N–H and O–H groups in total. The second-order valence-electron chi connectivity index (χ2n) is 10.4. The summed E-state index contributed by atoms with van der Waals surface area (Å²) in [7, 11) is -2.86. The Labute approximate surface area is 215 Å². The van der Waals surface area contributed by atoms with Crippen molar-refractivity contribution < 1.29 is 23.7 Å². The van der Waals surface area contributed by atoms with Crippen LogP contribution in [0.15, 0.2) is 82.5 Å². The fraction of sp³-hybridized carbons (Fsp3) is 0.407. The van der Waals surface area contributed by atoms with Gasteiger partial charge >= 0.3 is 5.69 Å². The molecule has 9 nitrogen and oxygen atoms in total. The zero-order valence-corrected chi connectivity index (χ0v) is 22.1. The average Bonchev–Trinajstić information content (AvgIpc) is 3.22. The van der Waals surface area contributed by atoms with Crippen molar-refractivity contribution in [3.05, 3.63) is 93.8 Å². The molecule has 0 radical (unpaired) electrons. The molecular weight excluding hydrogens is 492 g/mol. The summed E-state index contributed by atoms with van der Waals surface area (Å²) in [6, 6.07) is 21.7. The smallest absolute Gasteiger partial charge is 0.330 e. The molecule has 2 aliphatic rings. The largest absolute Gasteiger partial charge is 0.405 e. The van der Waals surface area contributed by atoms with Gasteiger partial charge in [-0.05, 0) is 15.4 Å². The molecule has 0 saturated carbocycles. The van der Waals surface area contributed by atoms with E-state index in [4.69, 9.17) is 18.6 Å². The normalized spacial score (nSPS) is 26.1. The SMILES string of the molecule is CC(C)(C)[Si](OC[C@H]1O[C@@H](n2ccc(=O)[nH]c2=O)[C@@H]2OCC(O)O[C@@H]21)(c1ccccc1)c1ccccc1. The lowest BCUT2D eigenvalue weighted by molar-refractivity contribution is -0.248. The maximum atomic E-state index is 12.5. The molecule has 37 heavy (non-hydrogen) atoms. The van der Waals surface area contributed by atoms with Gasteiger partial charge in [0.15, 0.2) is 12.5 Å². The molecule has 2 aromatic carbocycles. The number of hydrogen-bond donors (Lipinski definition) is 2. The Morgan fingerprint density at radius 2 is 1.59 bits per heavy atom. The number of fused-ring (bicyclic) bond motifs is 1. The Morgan fingerprint density at radius 1 is 0.973 bits per heavy atom. The van der Waals surface area contributed by atoms with E-state index >= 15 is 0 Å². The van der Waals surface area contributed by atoms with Crippen molar-refractivity contribution in [3.8, 4) is 0 Å². The molecule has 3 heterocycles. The van der Waals surface area contributed by atoms with Crippen LogP contribution in [0.4, 0.5) is 0 Å². The third-order valence-corrected chi connectivity index (χ3v) is 12.0. The molecule has 0 bridgehead atoms. The second-order valence-corrected chi connectivity index (χ2v) is 14.7. The summed E-state index contributed by atoms with van der Waals surface area (Å²) in [4.78, 5) is 26.4. The number of nitrogens with zero attached hydrogens (tertiary/aromatic N) is 1. The molecule has 2 saturated heterocycles. The number of rotatable bonds is 6. The maximum Gasteiger partial charge on any atom is 0.330 e. The topological polar surface area (TPSA) is 112 Å². The summed E-state index contributed by atoms with van der Waals surface area (Å²) < 4.78 is 26.3. The van der Waals surface area contributed by atoms with E-state index in [1.54, 1.807) is 0 Å². The van der Waals surface area contributed by atoms with Crippen molar-refractivity contribution in [1.82, 2.24) is 9.55 Å². The van der Waals surface area contributed by atoms with Gasteiger partial charge in [0.1, 0.15) is 18.3 Å². The first kappa shape index (κ1) is 25.8. The number of hydrogen-bond acceptors (Lipinski definition) is 7. The molecule has 5 rings (SSSR count). The van der Waals surface area contributed by atoms with E-state index in [1.807, 2.05) is 36.4 Å². The molecule has 1 aromatic heterocycles. The van der Waals surface area contributed by atoms with Crippen LogP contribution in [0.5, 0.6) is 0 Å². The van der Waals surface area contributed by atoms with Crippen LogP contribution in [0.25, 0.3) is 0 Å². The van der Waals surface area contributed by atoms with Crippen LogP contribution < -0.4 is 21.6 Å². The van der Waals surface area contributed by atoms with Crippen LogP contribution in [0.1, 0.15) is 27.0 Å². The van der Waals surface area contributed by atoms with Gasteiger partial charge in [-0.25, -0.2) is 4.79 Å². The summed E-state index contributed by atoms with van der Waals surface area (Å²) in [5.41, 5.74) is -1.11. The Balaban J connectivity index is 1.52. The summed E-state index contributed by atoms with van der Waals surface area (Å²) in [6.45, 7) is 6.65. The molecule has 2 aliphatic heterocycles. The number of aliphatic hydroxyl groups is 1.